The summed E-state index contributed by atoms with van der Waals surface area (Å²) in [5.74, 6) is 5.18. The quantitative estimate of drug-likeness (QED) is 0.0331. The highest BCUT2D eigenvalue weighted by molar-refractivity contribution is 7.93. The fourth-order valence-corrected chi connectivity index (χ4v) is 24.9. The van der Waals surface area contributed by atoms with E-state index in [9.17, 15) is 50.0 Å². The molecule has 11 aromatic carbocycles. The lowest BCUT2D eigenvalue weighted by Crippen LogP contribution is -2.35. The van der Waals surface area contributed by atoms with Crippen LogP contribution in [-0.2, 0) is 103 Å². The molecule has 4 fully saturated rings. The molecule has 8 aliphatic rings. The average Bonchev–Trinajstić information content (AvgIpc) is 1.70. The summed E-state index contributed by atoms with van der Waals surface area (Å²) >= 11 is 0. The second-order valence-electron chi connectivity index (χ2n) is 37.1. The summed E-state index contributed by atoms with van der Waals surface area (Å²) < 4.78 is 151. The number of fused-ring (bicyclic) bond motifs is 4. The Morgan fingerprint density at radius 3 is 1.54 bits per heavy atom. The Hall–Kier alpha value is -13.5. The highest BCUT2D eigenvalue weighted by Crippen LogP contribution is 2.52. The van der Waals surface area contributed by atoms with E-state index in [1.54, 1.807) is 88.2 Å². The molecular formula is C113H127N7O22S3. The molecule has 0 radical (unpaired) electrons. The Balaban J connectivity index is 0.000000131. The number of nitriles is 1. The van der Waals surface area contributed by atoms with Crippen molar-refractivity contribution in [3.05, 3.63) is 320 Å². The lowest BCUT2D eigenvalue weighted by molar-refractivity contribution is 0.0128. The zero-order valence-electron chi connectivity index (χ0n) is 83.3. The van der Waals surface area contributed by atoms with Crippen molar-refractivity contribution in [2.45, 2.75) is 198 Å². The summed E-state index contributed by atoms with van der Waals surface area (Å²) in [5, 5.41) is 19.9. The number of anilines is 1. The Kier molecular flexibility index (Phi) is 34.7. The number of sulfonamides is 3. The number of H-pyrrole nitrogens is 1. The van der Waals surface area contributed by atoms with Gasteiger partial charge in [-0.3, -0.25) is 18.5 Å². The molecule has 3 aliphatic heterocycles. The molecule has 4 heterocycles. The maximum absolute atomic E-state index is 13.4. The molecule has 2 saturated carbocycles. The van der Waals surface area contributed by atoms with Gasteiger partial charge in [-0.25, -0.2) is 34.8 Å². The van der Waals surface area contributed by atoms with Crippen molar-refractivity contribution in [3.63, 3.8) is 0 Å². The van der Waals surface area contributed by atoms with E-state index in [1.165, 1.54) is 133 Å². The Morgan fingerprint density at radius 1 is 0.497 bits per heavy atom. The third-order valence-corrected chi connectivity index (χ3v) is 33.3. The van der Waals surface area contributed by atoms with E-state index >= 15 is 0 Å². The van der Waals surface area contributed by atoms with Gasteiger partial charge in [0.2, 0.25) is 26.0 Å². The number of carbonyl (C=O) groups is 2. The minimum atomic E-state index is -3.76. The lowest BCUT2D eigenvalue weighted by atomic mass is 9.68. The van der Waals surface area contributed by atoms with Crippen LogP contribution in [0, 0.1) is 11.3 Å². The number of nitrogens with two attached hydrogens (primary N) is 1. The number of imidazole rings is 1. The van der Waals surface area contributed by atoms with Crippen molar-refractivity contribution in [2.75, 3.05) is 88.1 Å². The van der Waals surface area contributed by atoms with Crippen LogP contribution in [0.25, 0.3) is 11.1 Å². The minimum absolute atomic E-state index is 0.00245. The monoisotopic (exact) mass is 2030 g/mol. The molecule has 2 spiro atoms. The second kappa shape index (κ2) is 47.6. The summed E-state index contributed by atoms with van der Waals surface area (Å²) in [4.78, 5) is 38.2. The van der Waals surface area contributed by atoms with Gasteiger partial charge in [0.25, 0.3) is 10.0 Å². The second-order valence-corrected chi connectivity index (χ2v) is 42.6. The number of rotatable bonds is 28. The van der Waals surface area contributed by atoms with E-state index in [0.29, 0.717) is 76.5 Å². The van der Waals surface area contributed by atoms with E-state index in [-0.39, 0.29) is 75.2 Å². The number of hydrogen-bond donors (Lipinski definition) is 4. The maximum atomic E-state index is 13.4. The third kappa shape index (κ3) is 24.5. The van der Waals surface area contributed by atoms with E-state index in [0.717, 1.165) is 167 Å². The molecule has 1 unspecified atom stereocenters. The number of benzene rings is 11. The number of para-hydroxylation sites is 1. The fraction of sp³-hybridized carbons (Fsp3) is 0.363. The van der Waals surface area contributed by atoms with Gasteiger partial charge >= 0.3 is 5.69 Å². The number of aromatic nitrogens is 2. The first-order valence-electron chi connectivity index (χ1n) is 48.8. The zero-order chi connectivity index (χ0) is 103. The number of aryl methyl sites for hydroxylation is 2. The van der Waals surface area contributed by atoms with Crippen molar-refractivity contribution < 1.29 is 96.8 Å². The number of hydrogen-bond acceptors (Lipinski definition) is 23. The van der Waals surface area contributed by atoms with E-state index < -0.39 is 41.4 Å². The predicted molar refractivity (Wildman–Crippen MR) is 553 cm³/mol. The summed E-state index contributed by atoms with van der Waals surface area (Å²) in [5.41, 5.74) is 19.9. The number of aliphatic hydroxyl groups excluding tert-OH is 1. The average molecular weight is 2030 g/mol. The van der Waals surface area contributed by atoms with Crippen molar-refractivity contribution in [3.8, 4) is 74.7 Å². The van der Waals surface area contributed by atoms with Gasteiger partial charge < -0.3 is 72.7 Å². The van der Waals surface area contributed by atoms with Crippen LogP contribution in [0.2, 0.25) is 0 Å². The normalized spacial score (nSPS) is 18.9. The third-order valence-electron chi connectivity index (χ3n) is 28.2. The van der Waals surface area contributed by atoms with Gasteiger partial charge in [-0.15, -0.1) is 0 Å². The van der Waals surface area contributed by atoms with Crippen molar-refractivity contribution in [1.82, 2.24) is 18.6 Å². The summed E-state index contributed by atoms with van der Waals surface area (Å²) in [6, 6.07) is 71.8. The Labute approximate surface area is 848 Å². The number of amides is 1. The first-order chi connectivity index (χ1) is 70.1. The SMILES string of the molecule is COc1ccc(-c2ccc(C(N)=O)cc2)c2c1C[C@]1(CCCO1)C2.COc1ccc(C(=O)Cn2cc[nH]c2=O)cc1OC1CCCC1.COc1ccc(C2(C#N)CCC(O)CC2)c2c1CC1(CCCO1)C2.COc1ccc(S(=O)(=O)N(Cc2ccccc2)Cc2ccccc2)cc1OC.COc1ccc(S(=O)(=O)N2CCCc3ccccc32)cc1OC.COc1ccc(S(=O)(=O)N[C@@H]2CCc3ccccc32)cc1OC. The molecule has 32 heteroatoms. The molecule has 3 atom stereocenters. The first kappa shape index (κ1) is 106. The number of nitrogens with one attached hydrogen (secondary N) is 2. The number of Topliss-reactive ketones (excluding diaryl/α,β-unsaturated/α-hetero) is 1. The van der Waals surface area contributed by atoms with E-state index in [4.69, 9.17) is 62.6 Å². The Morgan fingerprint density at radius 2 is 0.986 bits per heavy atom. The van der Waals surface area contributed by atoms with Crippen LogP contribution in [0.15, 0.2) is 262 Å². The number of aliphatic hydroxyl groups is 1. The predicted octanol–water partition coefficient (Wildman–Crippen LogP) is 18.1. The number of ketones is 1. The topological polar surface area (TPSA) is 374 Å². The molecule has 1 amide bonds. The molecule has 764 valence electrons. The van der Waals surface area contributed by atoms with Crippen LogP contribution in [0.3, 0.4) is 0 Å². The largest absolute Gasteiger partial charge is 0.496 e. The number of primary amides is 1. The van der Waals surface area contributed by atoms with Gasteiger partial charge in [-0.1, -0.05) is 127 Å². The van der Waals surface area contributed by atoms with Gasteiger partial charge in [0.15, 0.2) is 51.8 Å². The molecule has 0 bridgehead atoms. The molecule has 5 aliphatic carbocycles. The van der Waals surface area contributed by atoms with Crippen LogP contribution in [0.5, 0.6) is 57.5 Å². The van der Waals surface area contributed by atoms with Crippen LogP contribution in [0.4, 0.5) is 5.69 Å². The number of nitrogens with zero attached hydrogens (tertiary/aromatic N) is 4. The standard InChI is InChI=1S/C22H23NO4S.C20H21NO3.C20H25NO3.C17H20N2O4.2C17H19NO4S/c1-26-21-14-13-20(15-22(21)27-2)28(24,25)23(16-18-9-5-3-6-10-18)17-19-11-7-4-8-12-19;1-23-18-8-7-15(13-3-5-14(6-4-13)19(21)22)16-11-20(12-17(16)18)9-2-10-24-20;1-23-18-4-3-17(19(13-21)8-5-14(22)6-9-19)15-11-20(12-16(15)18)7-2-10-24-20;1-22-15-7-6-12(10-16(15)23-13-4-2-3-5-13)14(20)11-19-9-8-18-17(19)21;1-21-16-10-9-14(12-17(16)22-2)23(19,20)18-11-5-7-13-6-3-4-8-15(13)18;1-21-16-10-8-13(11-17(16)22-2)23(19,20)18-15-9-7-12-5-3-4-6-14(12)15/h3-15H,16-17H2,1-2H3;3-8H,2,9-12H2,1H3,(H2,21,22);3-4,14,22H,2,5-12H2,1H3;6-10,13H,2-5,11H2,1H3,(H,18,21);3-4,6,8-10,12H,5,7,11H2,1-2H3;3-6,8,10-11,15,18H,7,9H2,1-2H3/t;20-;;;;15-/m.0...1/s1. The van der Waals surface area contributed by atoms with Crippen LogP contribution in [-0.4, -0.2) is 163 Å². The van der Waals surface area contributed by atoms with Gasteiger partial charge in [0.1, 0.15) is 11.5 Å². The fourth-order valence-electron chi connectivity index (χ4n) is 20.6. The molecule has 5 N–H and O–H groups in total. The maximum Gasteiger partial charge on any atom is 0.325 e. The highest BCUT2D eigenvalue weighted by Gasteiger charge is 2.48. The van der Waals surface area contributed by atoms with Crippen molar-refractivity contribution >= 4 is 47.4 Å². The summed E-state index contributed by atoms with van der Waals surface area (Å²) in [7, 11) is 3.00. The number of ether oxygens (including phenoxy) is 12. The first-order valence-corrected chi connectivity index (χ1v) is 53.2. The van der Waals surface area contributed by atoms with Crippen LogP contribution < -0.4 is 67.8 Å². The van der Waals surface area contributed by atoms with Crippen LogP contribution in [0.1, 0.15) is 172 Å². The highest BCUT2D eigenvalue weighted by atomic mass is 32.2. The van der Waals surface area contributed by atoms with Crippen molar-refractivity contribution in [1.29, 1.82) is 5.26 Å². The molecule has 1 aromatic heterocycles. The molecule has 29 nitrogen and oxygen atoms in total. The zero-order valence-corrected chi connectivity index (χ0v) is 85.8. The van der Waals surface area contributed by atoms with Gasteiger partial charge in [0, 0.05) is 117 Å². The molecule has 145 heavy (non-hydrogen) atoms. The molecular weight excluding hydrogens is 1900 g/mol. The number of methoxy groups -OCH3 is 9. The van der Waals surface area contributed by atoms with Crippen molar-refractivity contribution in [2.24, 2.45) is 5.73 Å². The van der Waals surface area contributed by atoms with E-state index in [1.807, 2.05) is 133 Å². The number of aromatic amines is 1. The van der Waals surface area contributed by atoms with Gasteiger partial charge in [-0.05, 0) is 243 Å². The molecule has 12 aromatic rings. The van der Waals surface area contributed by atoms with Crippen LogP contribution >= 0.6 is 0 Å². The van der Waals surface area contributed by atoms with Gasteiger partial charge in [-0.2, -0.15) is 9.57 Å². The van der Waals surface area contributed by atoms with E-state index in [2.05, 4.69) is 27.9 Å². The molecule has 2 saturated heterocycles. The van der Waals surface area contributed by atoms with Gasteiger partial charge in [0.05, 0.1) is 126 Å². The smallest absolute Gasteiger partial charge is 0.325 e. The minimum Gasteiger partial charge on any atom is -0.496 e. The number of carbonyl (C=O) groups excluding carboxylic acids is 2. The Bertz CT molecular complexity index is 6950. The summed E-state index contributed by atoms with van der Waals surface area (Å²) in [6.07, 6.45) is 21.7. The molecule has 20 rings (SSSR count). The lowest BCUT2D eigenvalue weighted by Gasteiger charge is -2.35. The summed E-state index contributed by atoms with van der Waals surface area (Å²) in [6.45, 7) is 2.70.